The maximum atomic E-state index is 10.5. The van der Waals surface area contributed by atoms with Crippen LogP contribution < -0.4 is 4.74 Å². The van der Waals surface area contributed by atoms with Crippen LogP contribution in [0.1, 0.15) is 17.5 Å². The summed E-state index contributed by atoms with van der Waals surface area (Å²) in [6, 6.07) is 9.08. The predicted molar refractivity (Wildman–Crippen MR) is 58.5 cm³/mol. The molecule has 82 valence electrons. The van der Waals surface area contributed by atoms with Crippen LogP contribution >= 0.6 is 0 Å². The molecule has 0 aliphatic carbocycles. The largest absolute Gasteiger partial charge is 0.493 e. The quantitative estimate of drug-likeness (QED) is 0.738. The molecule has 1 aromatic carbocycles. The number of hydrogen-bond donors (Lipinski definition) is 0. The van der Waals surface area contributed by atoms with Crippen molar-refractivity contribution >= 4 is 6.29 Å². The number of aldehydes is 1. The van der Waals surface area contributed by atoms with Crippen molar-refractivity contribution < 1.29 is 14.1 Å². The van der Waals surface area contributed by atoms with E-state index in [1.807, 2.05) is 31.2 Å². The lowest BCUT2D eigenvalue weighted by Crippen LogP contribution is -1.93. The van der Waals surface area contributed by atoms with E-state index in [-0.39, 0.29) is 5.76 Å². The third-order valence-electron chi connectivity index (χ3n) is 2.11. The first-order valence-electron chi connectivity index (χ1n) is 4.99. The van der Waals surface area contributed by atoms with Gasteiger partial charge in [0.15, 0.2) is 12.0 Å². The van der Waals surface area contributed by atoms with E-state index in [2.05, 4.69) is 5.16 Å². The molecule has 1 heterocycles. The van der Waals surface area contributed by atoms with Crippen LogP contribution in [0, 0.1) is 0 Å². The van der Waals surface area contributed by atoms with Gasteiger partial charge >= 0.3 is 0 Å². The average Bonchev–Trinajstić information content (AvgIpc) is 2.79. The molecule has 0 aliphatic heterocycles. The van der Waals surface area contributed by atoms with Crippen molar-refractivity contribution in [3.05, 3.63) is 36.1 Å². The van der Waals surface area contributed by atoms with Crippen molar-refractivity contribution in [2.24, 2.45) is 0 Å². The third-order valence-corrected chi connectivity index (χ3v) is 2.11. The monoisotopic (exact) mass is 217 g/mol. The Kier molecular flexibility index (Phi) is 3.00. The first-order valence-corrected chi connectivity index (χ1v) is 4.99. The number of benzene rings is 1. The summed E-state index contributed by atoms with van der Waals surface area (Å²) in [5, 5.41) is 3.81. The molecule has 0 atom stereocenters. The molecular formula is C12H11NO3. The van der Waals surface area contributed by atoms with Gasteiger partial charge in [-0.1, -0.05) is 17.3 Å². The van der Waals surface area contributed by atoms with Gasteiger partial charge < -0.3 is 9.26 Å². The van der Waals surface area contributed by atoms with Crippen LogP contribution in [-0.4, -0.2) is 18.0 Å². The van der Waals surface area contributed by atoms with Crippen molar-refractivity contribution in [1.82, 2.24) is 5.16 Å². The second-order valence-corrected chi connectivity index (χ2v) is 3.16. The van der Waals surface area contributed by atoms with Gasteiger partial charge in [0.2, 0.25) is 0 Å². The van der Waals surface area contributed by atoms with E-state index in [9.17, 15) is 4.79 Å². The summed E-state index contributed by atoms with van der Waals surface area (Å²) in [5.74, 6) is 0.942. The SMILES string of the molecule is CCOc1ccccc1-c1cc(C=O)on1. The van der Waals surface area contributed by atoms with Crippen LogP contribution in [0.5, 0.6) is 5.75 Å². The molecular weight excluding hydrogens is 206 g/mol. The van der Waals surface area contributed by atoms with Crippen molar-refractivity contribution in [2.75, 3.05) is 6.61 Å². The highest BCUT2D eigenvalue weighted by atomic mass is 16.5. The third kappa shape index (κ3) is 1.95. The molecule has 1 aromatic heterocycles. The first-order chi connectivity index (χ1) is 7.85. The van der Waals surface area contributed by atoms with E-state index in [4.69, 9.17) is 9.26 Å². The Morgan fingerprint density at radius 3 is 2.94 bits per heavy atom. The Hall–Kier alpha value is -2.10. The van der Waals surface area contributed by atoms with Gasteiger partial charge in [0, 0.05) is 11.6 Å². The fourth-order valence-corrected chi connectivity index (χ4v) is 1.43. The summed E-state index contributed by atoms with van der Waals surface area (Å²) in [5.41, 5.74) is 1.42. The summed E-state index contributed by atoms with van der Waals surface area (Å²) in [6.45, 7) is 2.49. The lowest BCUT2D eigenvalue weighted by Gasteiger charge is -2.06. The lowest BCUT2D eigenvalue weighted by molar-refractivity contribution is 0.109. The number of carbonyl (C=O) groups excluding carboxylic acids is 1. The molecule has 0 N–H and O–H groups in total. The Balaban J connectivity index is 2.42. The number of nitrogens with zero attached hydrogens (tertiary/aromatic N) is 1. The van der Waals surface area contributed by atoms with Crippen molar-refractivity contribution in [2.45, 2.75) is 6.92 Å². The maximum Gasteiger partial charge on any atom is 0.199 e. The van der Waals surface area contributed by atoms with E-state index < -0.39 is 0 Å². The highest BCUT2D eigenvalue weighted by Gasteiger charge is 2.10. The molecule has 0 saturated heterocycles. The highest BCUT2D eigenvalue weighted by molar-refractivity contribution is 5.75. The average molecular weight is 217 g/mol. The summed E-state index contributed by atoms with van der Waals surface area (Å²) >= 11 is 0. The zero-order valence-corrected chi connectivity index (χ0v) is 8.84. The molecule has 0 aliphatic rings. The van der Waals surface area contributed by atoms with Crippen LogP contribution in [0.4, 0.5) is 0 Å². The lowest BCUT2D eigenvalue weighted by atomic mass is 10.1. The number of hydrogen-bond acceptors (Lipinski definition) is 4. The second kappa shape index (κ2) is 4.61. The minimum atomic E-state index is 0.210. The van der Waals surface area contributed by atoms with Gasteiger partial charge in [-0.25, -0.2) is 0 Å². The molecule has 0 spiro atoms. The van der Waals surface area contributed by atoms with E-state index in [0.717, 1.165) is 11.3 Å². The number of rotatable bonds is 4. The van der Waals surface area contributed by atoms with E-state index in [1.165, 1.54) is 0 Å². The van der Waals surface area contributed by atoms with Crippen molar-refractivity contribution in [1.29, 1.82) is 0 Å². The topological polar surface area (TPSA) is 52.3 Å². The smallest absolute Gasteiger partial charge is 0.199 e. The van der Waals surface area contributed by atoms with Gasteiger partial charge in [-0.05, 0) is 19.1 Å². The first kappa shape index (κ1) is 10.4. The number of carbonyl (C=O) groups is 1. The second-order valence-electron chi connectivity index (χ2n) is 3.16. The predicted octanol–water partition coefficient (Wildman–Crippen LogP) is 2.55. The van der Waals surface area contributed by atoms with Crippen LogP contribution in [0.3, 0.4) is 0 Å². The van der Waals surface area contributed by atoms with Crippen molar-refractivity contribution in [3.63, 3.8) is 0 Å². The Labute approximate surface area is 92.8 Å². The van der Waals surface area contributed by atoms with E-state index in [0.29, 0.717) is 18.6 Å². The number of aromatic nitrogens is 1. The zero-order chi connectivity index (χ0) is 11.4. The minimum Gasteiger partial charge on any atom is -0.493 e. The summed E-state index contributed by atoms with van der Waals surface area (Å²) < 4.78 is 10.3. The molecule has 0 unspecified atom stereocenters. The van der Waals surface area contributed by atoms with Crippen LogP contribution in [0.15, 0.2) is 34.9 Å². The molecule has 0 amide bonds. The maximum absolute atomic E-state index is 10.5. The molecule has 0 radical (unpaired) electrons. The fraction of sp³-hybridized carbons (Fsp3) is 0.167. The van der Waals surface area contributed by atoms with E-state index >= 15 is 0 Å². The molecule has 2 rings (SSSR count). The van der Waals surface area contributed by atoms with Gasteiger partial charge in [-0.2, -0.15) is 0 Å². The Morgan fingerprint density at radius 2 is 2.25 bits per heavy atom. The molecule has 4 heteroatoms. The van der Waals surface area contributed by atoms with Gasteiger partial charge in [-0.3, -0.25) is 4.79 Å². The van der Waals surface area contributed by atoms with Crippen LogP contribution in [0.25, 0.3) is 11.3 Å². The summed E-state index contributed by atoms with van der Waals surface area (Å²) in [7, 11) is 0. The summed E-state index contributed by atoms with van der Waals surface area (Å²) in [6.07, 6.45) is 0.625. The van der Waals surface area contributed by atoms with Crippen LogP contribution in [-0.2, 0) is 0 Å². The van der Waals surface area contributed by atoms with Crippen molar-refractivity contribution in [3.8, 4) is 17.0 Å². The molecule has 0 fully saturated rings. The highest BCUT2D eigenvalue weighted by Crippen LogP contribution is 2.28. The van der Waals surface area contributed by atoms with Gasteiger partial charge in [-0.15, -0.1) is 0 Å². The Morgan fingerprint density at radius 1 is 1.44 bits per heavy atom. The fourth-order valence-electron chi connectivity index (χ4n) is 1.43. The molecule has 16 heavy (non-hydrogen) atoms. The van der Waals surface area contributed by atoms with Gasteiger partial charge in [0.05, 0.1) is 6.61 Å². The number of para-hydroxylation sites is 1. The van der Waals surface area contributed by atoms with Crippen LogP contribution in [0.2, 0.25) is 0 Å². The van der Waals surface area contributed by atoms with Gasteiger partial charge in [0.1, 0.15) is 11.4 Å². The Bertz CT molecular complexity index is 491. The van der Waals surface area contributed by atoms with E-state index in [1.54, 1.807) is 6.07 Å². The number of ether oxygens (including phenoxy) is 1. The molecule has 0 saturated carbocycles. The normalized spacial score (nSPS) is 10.1. The summed E-state index contributed by atoms with van der Waals surface area (Å²) in [4.78, 5) is 10.5. The zero-order valence-electron chi connectivity index (χ0n) is 8.84. The minimum absolute atomic E-state index is 0.210. The van der Waals surface area contributed by atoms with Gasteiger partial charge in [0.25, 0.3) is 0 Å². The standard InChI is InChI=1S/C12H11NO3/c1-2-15-12-6-4-3-5-10(12)11-7-9(8-14)16-13-11/h3-8H,2H2,1H3. The molecule has 4 nitrogen and oxygen atoms in total. The molecule has 0 bridgehead atoms. The molecule has 2 aromatic rings.